The number of carboxylic acid groups (broad SMARTS) is 1. The second kappa shape index (κ2) is 11.8. The standard InChI is InChI=1S/C27H27ClN4O3.2ClH/c28-20-6-2-5-19(14-20)27(15-29)10-7-21(8-11-27)32-12-9-22-23(30-16-31-24(22)25(32)33)17-3-1-4-18(13-17)26(34)35;;/h1-6,13-14,16,21H,7-12,15,29H2,(H,34,35);2*1H/t21-,27-;;. The number of aromatic nitrogens is 2. The minimum absolute atomic E-state index is 0. The van der Waals surface area contributed by atoms with Crippen molar-refractivity contribution in [2.45, 2.75) is 43.6 Å². The minimum Gasteiger partial charge on any atom is -0.478 e. The predicted molar refractivity (Wildman–Crippen MR) is 148 cm³/mol. The number of carboxylic acids is 1. The van der Waals surface area contributed by atoms with Crippen LogP contribution in [0.5, 0.6) is 0 Å². The maximum Gasteiger partial charge on any atom is 0.335 e. The molecule has 2 aliphatic rings. The molecule has 10 heteroatoms. The molecule has 1 amide bonds. The van der Waals surface area contributed by atoms with Crippen molar-refractivity contribution in [1.82, 2.24) is 14.9 Å². The zero-order valence-electron chi connectivity index (χ0n) is 20.1. The molecule has 1 saturated carbocycles. The van der Waals surface area contributed by atoms with E-state index in [0.717, 1.165) is 31.2 Å². The highest BCUT2D eigenvalue weighted by Gasteiger charge is 2.40. The van der Waals surface area contributed by atoms with Crippen molar-refractivity contribution in [3.63, 3.8) is 0 Å². The van der Waals surface area contributed by atoms with Gasteiger partial charge in [0.2, 0.25) is 0 Å². The Hall–Kier alpha value is -2.71. The Morgan fingerprint density at radius 2 is 1.78 bits per heavy atom. The molecule has 3 aromatic rings. The van der Waals surface area contributed by atoms with Crippen molar-refractivity contribution in [2.75, 3.05) is 13.1 Å². The lowest BCUT2D eigenvalue weighted by atomic mass is 9.68. The molecule has 7 nitrogen and oxygen atoms in total. The average molecular weight is 564 g/mol. The predicted octanol–water partition coefficient (Wildman–Crippen LogP) is 5.18. The summed E-state index contributed by atoms with van der Waals surface area (Å²) in [5.41, 5.74) is 9.98. The average Bonchev–Trinajstić information content (AvgIpc) is 2.89. The van der Waals surface area contributed by atoms with E-state index in [1.807, 2.05) is 29.2 Å². The van der Waals surface area contributed by atoms with E-state index in [0.29, 0.717) is 41.5 Å². The Balaban J connectivity index is 0.00000190. The molecular weight excluding hydrogens is 535 g/mol. The molecule has 2 heterocycles. The van der Waals surface area contributed by atoms with Crippen molar-refractivity contribution < 1.29 is 14.7 Å². The molecule has 1 fully saturated rings. The summed E-state index contributed by atoms with van der Waals surface area (Å²) in [5.74, 6) is -1.09. The van der Waals surface area contributed by atoms with Gasteiger partial charge >= 0.3 is 5.97 Å². The van der Waals surface area contributed by atoms with Crippen molar-refractivity contribution in [3.05, 3.63) is 82.3 Å². The van der Waals surface area contributed by atoms with Crippen LogP contribution in [0, 0.1) is 0 Å². The molecule has 196 valence electrons. The summed E-state index contributed by atoms with van der Waals surface area (Å²) >= 11 is 6.25. The number of hydrogen-bond acceptors (Lipinski definition) is 5. The largest absolute Gasteiger partial charge is 0.478 e. The summed E-state index contributed by atoms with van der Waals surface area (Å²) in [6, 6.07) is 14.7. The van der Waals surface area contributed by atoms with Crippen LogP contribution in [0.15, 0.2) is 54.9 Å². The van der Waals surface area contributed by atoms with Crippen molar-refractivity contribution in [3.8, 4) is 11.3 Å². The summed E-state index contributed by atoms with van der Waals surface area (Å²) in [5, 5.41) is 10.1. The molecule has 0 saturated heterocycles. The lowest BCUT2D eigenvalue weighted by Crippen LogP contribution is -2.50. The van der Waals surface area contributed by atoms with E-state index in [2.05, 4.69) is 16.0 Å². The molecule has 2 aromatic carbocycles. The van der Waals surface area contributed by atoms with E-state index in [4.69, 9.17) is 17.3 Å². The fraction of sp³-hybridized carbons (Fsp3) is 0.333. The lowest BCUT2D eigenvalue weighted by Gasteiger charge is -2.44. The van der Waals surface area contributed by atoms with E-state index < -0.39 is 5.97 Å². The van der Waals surface area contributed by atoms with Crippen LogP contribution >= 0.6 is 36.4 Å². The second-order valence-electron chi connectivity index (χ2n) is 9.41. The van der Waals surface area contributed by atoms with Crippen LogP contribution in [0.1, 0.15) is 57.7 Å². The monoisotopic (exact) mass is 562 g/mol. The van der Waals surface area contributed by atoms with Gasteiger partial charge in [0.1, 0.15) is 12.0 Å². The second-order valence-corrected chi connectivity index (χ2v) is 9.85. The summed E-state index contributed by atoms with van der Waals surface area (Å²) < 4.78 is 0. The third kappa shape index (κ3) is 5.46. The van der Waals surface area contributed by atoms with Crippen LogP contribution in [0.2, 0.25) is 5.02 Å². The normalized spacial score (nSPS) is 20.9. The highest BCUT2D eigenvalue weighted by molar-refractivity contribution is 6.30. The van der Waals surface area contributed by atoms with Crippen molar-refractivity contribution >= 4 is 48.3 Å². The topological polar surface area (TPSA) is 109 Å². The molecule has 0 spiro atoms. The van der Waals surface area contributed by atoms with Crippen molar-refractivity contribution in [2.24, 2.45) is 5.73 Å². The number of amides is 1. The number of halogens is 3. The minimum atomic E-state index is -0.999. The van der Waals surface area contributed by atoms with E-state index in [-0.39, 0.29) is 47.7 Å². The van der Waals surface area contributed by atoms with Gasteiger partial charge in [0.25, 0.3) is 5.91 Å². The highest BCUT2D eigenvalue weighted by Crippen LogP contribution is 2.41. The molecule has 1 aliphatic carbocycles. The smallest absolute Gasteiger partial charge is 0.335 e. The van der Waals surface area contributed by atoms with Crippen LogP contribution in [0.25, 0.3) is 11.3 Å². The van der Waals surface area contributed by atoms with Gasteiger partial charge in [-0.15, -0.1) is 24.8 Å². The third-order valence-corrected chi connectivity index (χ3v) is 7.81. The van der Waals surface area contributed by atoms with Gasteiger partial charge in [0.05, 0.1) is 11.3 Å². The quantitative estimate of drug-likeness (QED) is 0.443. The Morgan fingerprint density at radius 3 is 2.46 bits per heavy atom. The molecule has 37 heavy (non-hydrogen) atoms. The van der Waals surface area contributed by atoms with Gasteiger partial charge in [0.15, 0.2) is 0 Å². The van der Waals surface area contributed by atoms with Gasteiger partial charge < -0.3 is 15.7 Å². The number of fused-ring (bicyclic) bond motifs is 1. The first-order valence-electron chi connectivity index (χ1n) is 11.9. The zero-order chi connectivity index (χ0) is 24.6. The fourth-order valence-electron chi connectivity index (χ4n) is 5.60. The number of hydrogen-bond donors (Lipinski definition) is 2. The third-order valence-electron chi connectivity index (χ3n) is 7.58. The number of rotatable bonds is 5. The molecule has 3 N–H and O–H groups in total. The fourth-order valence-corrected chi connectivity index (χ4v) is 5.79. The number of benzene rings is 2. The van der Waals surface area contributed by atoms with Gasteiger partial charge in [-0.05, 0) is 61.9 Å². The Bertz CT molecular complexity index is 1300. The van der Waals surface area contributed by atoms with E-state index >= 15 is 0 Å². The Morgan fingerprint density at radius 1 is 1.08 bits per heavy atom. The first-order valence-corrected chi connectivity index (χ1v) is 12.2. The van der Waals surface area contributed by atoms with Crippen LogP contribution in [-0.2, 0) is 11.8 Å². The molecule has 1 aromatic heterocycles. The molecule has 0 atom stereocenters. The van der Waals surface area contributed by atoms with E-state index in [9.17, 15) is 14.7 Å². The van der Waals surface area contributed by atoms with Gasteiger partial charge in [-0.1, -0.05) is 35.9 Å². The molecule has 5 rings (SSSR count). The van der Waals surface area contributed by atoms with Gasteiger partial charge in [-0.25, -0.2) is 14.8 Å². The molecule has 0 radical (unpaired) electrons. The van der Waals surface area contributed by atoms with Gasteiger partial charge in [-0.3, -0.25) is 4.79 Å². The number of carbonyl (C=O) groups excluding carboxylic acids is 1. The lowest BCUT2D eigenvalue weighted by molar-refractivity contribution is 0.0567. The Kier molecular flexibility index (Phi) is 9.18. The van der Waals surface area contributed by atoms with Crippen LogP contribution in [-0.4, -0.2) is 51.0 Å². The van der Waals surface area contributed by atoms with Crippen molar-refractivity contribution in [1.29, 1.82) is 0 Å². The maximum atomic E-state index is 13.5. The first kappa shape index (κ1) is 28.9. The molecule has 0 unspecified atom stereocenters. The number of nitrogens with zero attached hydrogens (tertiary/aromatic N) is 3. The number of carbonyl (C=O) groups is 2. The van der Waals surface area contributed by atoms with Gasteiger partial charge in [-0.2, -0.15) is 0 Å². The Labute approximate surface area is 233 Å². The number of aromatic carboxylic acids is 1. The summed E-state index contributed by atoms with van der Waals surface area (Å²) in [6.45, 7) is 1.13. The SMILES string of the molecule is Cl.Cl.NC[C@]1(c2cccc(Cl)c2)CC[C@H](N2CCc3c(ncnc3-c3cccc(C(=O)O)c3)C2=O)CC1. The van der Waals surface area contributed by atoms with Gasteiger partial charge in [0, 0.05) is 40.7 Å². The van der Waals surface area contributed by atoms with E-state index in [1.165, 1.54) is 11.9 Å². The summed E-state index contributed by atoms with van der Waals surface area (Å²) in [7, 11) is 0. The van der Waals surface area contributed by atoms with Crippen LogP contribution in [0.4, 0.5) is 0 Å². The summed E-state index contributed by atoms with van der Waals surface area (Å²) in [4.78, 5) is 35.6. The first-order chi connectivity index (χ1) is 16.9. The summed E-state index contributed by atoms with van der Waals surface area (Å²) in [6.07, 6.45) is 5.53. The number of nitrogens with two attached hydrogens (primary N) is 1. The van der Waals surface area contributed by atoms with Crippen LogP contribution in [0.3, 0.4) is 0 Å². The molecular formula is C27H29Cl3N4O3. The van der Waals surface area contributed by atoms with E-state index in [1.54, 1.807) is 18.2 Å². The molecule has 1 aliphatic heterocycles. The molecule has 0 bridgehead atoms. The van der Waals surface area contributed by atoms with Crippen LogP contribution < -0.4 is 5.73 Å². The maximum absolute atomic E-state index is 13.5. The highest BCUT2D eigenvalue weighted by atomic mass is 35.5. The zero-order valence-corrected chi connectivity index (χ0v) is 22.5.